The Morgan fingerprint density at radius 3 is 2.20 bits per heavy atom. The summed E-state index contributed by atoms with van der Waals surface area (Å²) in [5.41, 5.74) is 6.11. The van der Waals surface area contributed by atoms with Crippen molar-refractivity contribution in [3.05, 3.63) is 0 Å². The lowest BCUT2D eigenvalue weighted by atomic mass is 9.96. The van der Waals surface area contributed by atoms with Crippen molar-refractivity contribution in [3.63, 3.8) is 0 Å². The van der Waals surface area contributed by atoms with Gasteiger partial charge in [-0.05, 0) is 45.7 Å². The molecule has 0 amide bonds. The van der Waals surface area contributed by atoms with Gasteiger partial charge in [0, 0.05) is 30.7 Å². The van der Waals surface area contributed by atoms with Crippen LogP contribution in [0.3, 0.4) is 0 Å². The fraction of sp³-hybridized carbons (Fsp3) is 1.00. The summed E-state index contributed by atoms with van der Waals surface area (Å²) < 4.78 is 0. The molecule has 0 aromatic rings. The van der Waals surface area contributed by atoms with Crippen molar-refractivity contribution in [1.82, 2.24) is 9.80 Å². The van der Waals surface area contributed by atoms with Gasteiger partial charge in [0.2, 0.25) is 0 Å². The van der Waals surface area contributed by atoms with E-state index in [0.717, 1.165) is 18.1 Å². The number of hydrogen-bond donors (Lipinski definition) is 1. The topological polar surface area (TPSA) is 32.5 Å². The predicted molar refractivity (Wildman–Crippen MR) is 61.8 cm³/mol. The molecule has 3 fully saturated rings. The largest absolute Gasteiger partial charge is 0.328 e. The molecule has 0 aliphatic carbocycles. The van der Waals surface area contributed by atoms with Crippen LogP contribution in [0.1, 0.15) is 32.1 Å². The molecule has 3 heterocycles. The first-order chi connectivity index (χ1) is 7.24. The molecule has 3 aliphatic rings. The van der Waals surface area contributed by atoms with Crippen LogP contribution >= 0.6 is 0 Å². The Morgan fingerprint density at radius 1 is 1.00 bits per heavy atom. The summed E-state index contributed by atoms with van der Waals surface area (Å²) in [6.07, 6.45) is 6.67. The van der Waals surface area contributed by atoms with E-state index in [2.05, 4.69) is 16.8 Å². The fourth-order valence-corrected chi connectivity index (χ4v) is 4.01. The van der Waals surface area contributed by atoms with Crippen molar-refractivity contribution < 1.29 is 0 Å². The molecule has 3 unspecified atom stereocenters. The summed E-state index contributed by atoms with van der Waals surface area (Å²) in [6.45, 7) is 2.56. The van der Waals surface area contributed by atoms with Gasteiger partial charge >= 0.3 is 0 Å². The molecule has 3 saturated heterocycles. The number of piperidine rings is 1. The molecule has 0 radical (unpaired) electrons. The van der Waals surface area contributed by atoms with E-state index in [1.807, 2.05) is 0 Å². The number of nitrogens with zero attached hydrogens (tertiary/aromatic N) is 2. The maximum Gasteiger partial charge on any atom is 0.0241 e. The lowest BCUT2D eigenvalue weighted by Crippen LogP contribution is -2.52. The SMILES string of the molecule is CN1CCC(N2C3CCC2CC(N)C3)C1. The van der Waals surface area contributed by atoms with Gasteiger partial charge in [0.25, 0.3) is 0 Å². The number of fused-ring (bicyclic) bond motifs is 2. The summed E-state index contributed by atoms with van der Waals surface area (Å²) in [6, 6.07) is 2.95. The molecule has 3 rings (SSSR count). The summed E-state index contributed by atoms with van der Waals surface area (Å²) >= 11 is 0. The number of likely N-dealkylation sites (tertiary alicyclic amines) is 1. The van der Waals surface area contributed by atoms with Crippen molar-refractivity contribution in [2.45, 2.75) is 56.3 Å². The molecule has 0 spiro atoms. The highest BCUT2D eigenvalue weighted by molar-refractivity contribution is 5.00. The Kier molecular flexibility index (Phi) is 2.49. The monoisotopic (exact) mass is 209 g/mol. The highest BCUT2D eigenvalue weighted by Gasteiger charge is 2.43. The molecule has 3 nitrogen and oxygen atoms in total. The average molecular weight is 209 g/mol. The third kappa shape index (κ3) is 1.71. The van der Waals surface area contributed by atoms with Crippen LogP contribution in [0.2, 0.25) is 0 Å². The predicted octanol–water partition coefficient (Wildman–Crippen LogP) is 0.645. The van der Waals surface area contributed by atoms with Gasteiger partial charge in [0.05, 0.1) is 0 Å². The van der Waals surface area contributed by atoms with Crippen molar-refractivity contribution in [2.24, 2.45) is 5.73 Å². The second-order valence-electron chi connectivity index (χ2n) is 5.77. The number of hydrogen-bond acceptors (Lipinski definition) is 3. The zero-order valence-electron chi connectivity index (χ0n) is 9.73. The van der Waals surface area contributed by atoms with Crippen LogP contribution < -0.4 is 5.73 Å². The summed E-state index contributed by atoms with van der Waals surface area (Å²) in [4.78, 5) is 5.30. The lowest BCUT2D eigenvalue weighted by molar-refractivity contribution is 0.0816. The van der Waals surface area contributed by atoms with E-state index in [1.165, 1.54) is 45.2 Å². The van der Waals surface area contributed by atoms with Gasteiger partial charge < -0.3 is 10.6 Å². The molecule has 3 heteroatoms. The maximum atomic E-state index is 6.11. The minimum Gasteiger partial charge on any atom is -0.328 e. The Labute approximate surface area is 92.6 Å². The van der Waals surface area contributed by atoms with Gasteiger partial charge in [-0.3, -0.25) is 4.90 Å². The van der Waals surface area contributed by atoms with E-state index in [1.54, 1.807) is 0 Å². The van der Waals surface area contributed by atoms with E-state index in [9.17, 15) is 0 Å². The molecule has 0 aromatic carbocycles. The smallest absolute Gasteiger partial charge is 0.0241 e. The second-order valence-corrected chi connectivity index (χ2v) is 5.77. The van der Waals surface area contributed by atoms with Crippen LogP contribution in [0.15, 0.2) is 0 Å². The van der Waals surface area contributed by atoms with Crippen LogP contribution in [0, 0.1) is 0 Å². The van der Waals surface area contributed by atoms with E-state index in [0.29, 0.717) is 6.04 Å². The molecule has 2 N–H and O–H groups in total. The van der Waals surface area contributed by atoms with Crippen molar-refractivity contribution in [3.8, 4) is 0 Å². The molecule has 86 valence electrons. The fourth-order valence-electron chi connectivity index (χ4n) is 4.01. The summed E-state index contributed by atoms with van der Waals surface area (Å²) in [7, 11) is 2.25. The minimum absolute atomic E-state index is 0.484. The van der Waals surface area contributed by atoms with Gasteiger partial charge in [-0.25, -0.2) is 0 Å². The Balaban J connectivity index is 1.72. The highest BCUT2D eigenvalue weighted by Crippen LogP contribution is 2.38. The summed E-state index contributed by atoms with van der Waals surface area (Å²) in [5.74, 6) is 0. The van der Waals surface area contributed by atoms with E-state index in [4.69, 9.17) is 5.73 Å². The van der Waals surface area contributed by atoms with Crippen LogP contribution in [0.5, 0.6) is 0 Å². The first kappa shape index (κ1) is 10.1. The zero-order valence-corrected chi connectivity index (χ0v) is 9.73. The lowest BCUT2D eigenvalue weighted by Gasteiger charge is -2.41. The Bertz CT molecular complexity index is 229. The number of likely N-dealkylation sites (N-methyl/N-ethyl adjacent to an activating group) is 1. The van der Waals surface area contributed by atoms with Gasteiger partial charge in [-0.1, -0.05) is 0 Å². The van der Waals surface area contributed by atoms with Crippen molar-refractivity contribution in [2.75, 3.05) is 20.1 Å². The van der Waals surface area contributed by atoms with E-state index in [-0.39, 0.29) is 0 Å². The van der Waals surface area contributed by atoms with E-state index < -0.39 is 0 Å². The second kappa shape index (κ2) is 3.72. The zero-order chi connectivity index (χ0) is 10.4. The average Bonchev–Trinajstić information content (AvgIpc) is 2.69. The standard InChI is InChI=1S/C12H23N3/c1-14-5-4-12(8-14)15-10-2-3-11(15)7-9(13)6-10/h9-12H,2-8,13H2,1H3. The normalized spacial score (nSPS) is 47.6. The molecule has 2 bridgehead atoms. The molecule has 0 saturated carbocycles. The van der Waals surface area contributed by atoms with Crippen LogP contribution in [-0.2, 0) is 0 Å². The number of rotatable bonds is 1. The van der Waals surface area contributed by atoms with Gasteiger partial charge in [0.1, 0.15) is 0 Å². The first-order valence-electron chi connectivity index (χ1n) is 6.45. The molecule has 3 aliphatic heterocycles. The van der Waals surface area contributed by atoms with Crippen LogP contribution in [0.25, 0.3) is 0 Å². The Morgan fingerprint density at radius 2 is 1.67 bits per heavy atom. The van der Waals surface area contributed by atoms with Crippen LogP contribution in [0.4, 0.5) is 0 Å². The highest BCUT2D eigenvalue weighted by atomic mass is 15.3. The van der Waals surface area contributed by atoms with Gasteiger partial charge in [-0.2, -0.15) is 0 Å². The summed E-state index contributed by atoms with van der Waals surface area (Å²) in [5, 5.41) is 0. The molecule has 3 atom stereocenters. The Hall–Kier alpha value is -0.120. The van der Waals surface area contributed by atoms with Gasteiger partial charge in [0.15, 0.2) is 0 Å². The van der Waals surface area contributed by atoms with Crippen molar-refractivity contribution in [1.29, 1.82) is 0 Å². The molecular formula is C12H23N3. The molecular weight excluding hydrogens is 186 g/mol. The quantitative estimate of drug-likeness (QED) is 0.688. The van der Waals surface area contributed by atoms with Crippen molar-refractivity contribution >= 4 is 0 Å². The van der Waals surface area contributed by atoms with E-state index >= 15 is 0 Å². The molecule has 0 aromatic heterocycles. The number of nitrogens with two attached hydrogens (primary N) is 1. The third-order valence-electron chi connectivity index (χ3n) is 4.61. The third-order valence-corrected chi connectivity index (χ3v) is 4.61. The first-order valence-corrected chi connectivity index (χ1v) is 6.45. The van der Waals surface area contributed by atoms with Gasteiger partial charge in [-0.15, -0.1) is 0 Å². The minimum atomic E-state index is 0.484. The van der Waals surface area contributed by atoms with Crippen LogP contribution in [-0.4, -0.2) is 54.1 Å². The molecule has 15 heavy (non-hydrogen) atoms. The maximum absolute atomic E-state index is 6.11.